The Morgan fingerprint density at radius 2 is 2.07 bits per heavy atom. The first-order chi connectivity index (χ1) is 6.09. The third-order valence-corrected chi connectivity index (χ3v) is 1.62. The van der Waals surface area contributed by atoms with Gasteiger partial charge in [-0.1, -0.05) is 11.6 Å². The van der Waals surface area contributed by atoms with E-state index in [1.165, 1.54) is 6.92 Å². The molecule has 5 heteroatoms. The summed E-state index contributed by atoms with van der Waals surface area (Å²) >= 11 is 5.72. The Bertz CT molecular complexity index is 328. The fourth-order valence-electron chi connectivity index (χ4n) is 0.810. The second-order valence-electron chi connectivity index (χ2n) is 2.57. The largest absolute Gasteiger partial charge is 0.352 e. The Kier molecular flexibility index (Phi) is 6.20. The molecule has 0 fully saturated rings. The van der Waals surface area contributed by atoms with Crippen molar-refractivity contribution in [2.24, 2.45) is 0 Å². The molecule has 0 saturated heterocycles. The van der Waals surface area contributed by atoms with E-state index in [4.69, 9.17) is 16.5 Å². The third kappa shape index (κ3) is 4.33. The zero-order chi connectivity index (χ0) is 9.84. The summed E-state index contributed by atoms with van der Waals surface area (Å²) in [6.07, 6.45) is 0. The van der Waals surface area contributed by atoms with Crippen molar-refractivity contribution in [1.29, 1.82) is 0 Å². The van der Waals surface area contributed by atoms with Gasteiger partial charge in [-0.2, -0.15) is 0 Å². The second-order valence-corrected chi connectivity index (χ2v) is 3.00. The van der Waals surface area contributed by atoms with Crippen LogP contribution in [0.25, 0.3) is 0 Å². The van der Waals surface area contributed by atoms with Gasteiger partial charge in [-0.25, -0.2) is 4.79 Å². The van der Waals surface area contributed by atoms with E-state index in [1.54, 1.807) is 18.2 Å². The molecule has 0 amide bonds. The zero-order valence-corrected chi connectivity index (χ0v) is 11.1. The zero-order valence-electron chi connectivity index (χ0n) is 8.33. The van der Waals surface area contributed by atoms with Crippen molar-refractivity contribution in [3.05, 3.63) is 28.8 Å². The Balaban J connectivity index is 0.00000169. The normalized spacial score (nSPS) is 8.79. The monoisotopic (exact) mass is 223 g/mol. The van der Waals surface area contributed by atoms with E-state index in [9.17, 15) is 4.79 Å². The Labute approximate surface area is 110 Å². The summed E-state index contributed by atoms with van der Waals surface area (Å²) in [5.41, 5.74) is 0.814. The van der Waals surface area contributed by atoms with Gasteiger partial charge in [0.05, 0.1) is 0 Å². The van der Waals surface area contributed by atoms with Gasteiger partial charge in [0, 0.05) is 41.5 Å². The van der Waals surface area contributed by atoms with Crippen LogP contribution in [0.3, 0.4) is 0 Å². The number of hydrogen-bond donors (Lipinski definition) is 0. The van der Waals surface area contributed by atoms with Crippen molar-refractivity contribution in [2.45, 2.75) is 13.8 Å². The van der Waals surface area contributed by atoms with Crippen LogP contribution >= 0.6 is 11.6 Å². The van der Waals surface area contributed by atoms with E-state index in [0.29, 0.717) is 10.8 Å². The molecule has 0 atom stereocenters. The van der Waals surface area contributed by atoms with E-state index in [2.05, 4.69) is 4.89 Å². The van der Waals surface area contributed by atoms with Crippen LogP contribution in [-0.4, -0.2) is 35.5 Å². The molecule has 1 aromatic rings. The molecular weight excluding hydrogens is 215 g/mol. The van der Waals surface area contributed by atoms with Crippen LogP contribution in [0.4, 0.5) is 0 Å². The van der Waals surface area contributed by atoms with Gasteiger partial charge >= 0.3 is 5.97 Å². The van der Waals surface area contributed by atoms with Gasteiger partial charge in [-0.05, 0) is 30.7 Å². The number of carbonyl (C=O) groups is 1. The van der Waals surface area contributed by atoms with E-state index in [1.807, 2.05) is 6.92 Å². The molecule has 0 heterocycles. The van der Waals surface area contributed by atoms with Crippen molar-refractivity contribution < 1.29 is 14.6 Å². The quantitative estimate of drug-likeness (QED) is 0.438. The van der Waals surface area contributed by atoms with Gasteiger partial charge in [-0.15, -0.1) is 0 Å². The molecule has 71 valence electrons. The summed E-state index contributed by atoms with van der Waals surface area (Å²) < 4.78 is 0. The Hall–Kier alpha value is -0.220. The van der Waals surface area contributed by atoms with E-state index >= 15 is 0 Å². The second kappa shape index (κ2) is 6.30. The van der Waals surface area contributed by atoms with Gasteiger partial charge in [0.25, 0.3) is 0 Å². The Morgan fingerprint density at radius 3 is 2.57 bits per heavy atom. The number of halogens is 1. The molecule has 0 aliphatic rings. The van der Waals surface area contributed by atoms with Gasteiger partial charge in [0.1, 0.15) is 0 Å². The molecular formula is C9H9ClNaO3. The first-order valence-corrected chi connectivity index (χ1v) is 4.08. The summed E-state index contributed by atoms with van der Waals surface area (Å²) in [6, 6.07) is 5.02. The van der Waals surface area contributed by atoms with Gasteiger partial charge < -0.3 is 0 Å². The molecule has 0 unspecified atom stereocenters. The number of hydrogen-bond acceptors (Lipinski definition) is 3. The molecule has 0 aliphatic carbocycles. The fourth-order valence-corrected chi connectivity index (χ4v) is 1.04. The fraction of sp³-hybridized carbons (Fsp3) is 0.222. The van der Waals surface area contributed by atoms with E-state index in [-0.39, 0.29) is 29.6 Å². The predicted molar refractivity (Wildman–Crippen MR) is 54.3 cm³/mol. The number of carbonyl (C=O) groups excluding carboxylic acids is 1. The summed E-state index contributed by atoms with van der Waals surface area (Å²) in [4.78, 5) is 19.5. The standard InChI is InChI=1S/C9H9ClO3.Na/c1-6-5-8(10)3-4-9(6)13-12-7(2)11;/h3-5H,1-2H3;. The van der Waals surface area contributed by atoms with Crippen molar-refractivity contribution in [2.75, 3.05) is 0 Å². The minimum absolute atomic E-state index is 0. The average Bonchev–Trinajstić information content (AvgIpc) is 2.02. The Morgan fingerprint density at radius 1 is 1.43 bits per heavy atom. The molecule has 14 heavy (non-hydrogen) atoms. The SMILES string of the molecule is CC(=O)OOc1ccc(Cl)cc1C.[Na]. The van der Waals surface area contributed by atoms with Crippen LogP contribution in [0, 0.1) is 6.92 Å². The maximum absolute atomic E-state index is 10.4. The van der Waals surface area contributed by atoms with Crippen molar-refractivity contribution in [3.8, 4) is 5.75 Å². The molecule has 0 aliphatic heterocycles. The van der Waals surface area contributed by atoms with Crippen LogP contribution in [0.5, 0.6) is 5.75 Å². The average molecular weight is 224 g/mol. The summed E-state index contributed by atoms with van der Waals surface area (Å²) in [6.45, 7) is 3.08. The minimum atomic E-state index is -0.491. The molecule has 0 aromatic heterocycles. The first-order valence-electron chi connectivity index (χ1n) is 3.71. The van der Waals surface area contributed by atoms with Crippen LogP contribution in [0.15, 0.2) is 18.2 Å². The topological polar surface area (TPSA) is 35.5 Å². The van der Waals surface area contributed by atoms with Crippen molar-refractivity contribution >= 4 is 47.1 Å². The van der Waals surface area contributed by atoms with Gasteiger partial charge in [0.15, 0.2) is 5.75 Å². The summed E-state index contributed by atoms with van der Waals surface area (Å²) in [5.74, 6) is -0.00560. The van der Waals surface area contributed by atoms with E-state index < -0.39 is 5.97 Å². The first kappa shape index (κ1) is 13.8. The maximum Gasteiger partial charge on any atom is 0.352 e. The van der Waals surface area contributed by atoms with Gasteiger partial charge in [0.2, 0.25) is 0 Å². The van der Waals surface area contributed by atoms with E-state index in [0.717, 1.165) is 5.56 Å². The molecule has 3 nitrogen and oxygen atoms in total. The van der Waals surface area contributed by atoms with Crippen LogP contribution < -0.4 is 4.89 Å². The number of benzene rings is 1. The molecule has 0 saturated carbocycles. The van der Waals surface area contributed by atoms with Crippen molar-refractivity contribution in [3.63, 3.8) is 0 Å². The molecule has 1 rings (SSSR count). The predicted octanol–water partition coefficient (Wildman–Crippen LogP) is 2.12. The third-order valence-electron chi connectivity index (χ3n) is 1.39. The van der Waals surface area contributed by atoms with Crippen LogP contribution in [0.2, 0.25) is 5.02 Å². The maximum atomic E-state index is 10.4. The van der Waals surface area contributed by atoms with Gasteiger partial charge in [-0.3, -0.25) is 9.78 Å². The number of rotatable bonds is 2. The van der Waals surface area contributed by atoms with Crippen molar-refractivity contribution in [1.82, 2.24) is 0 Å². The molecule has 0 N–H and O–H groups in total. The minimum Gasteiger partial charge on any atom is -0.287 e. The number of aryl methyl sites for hydroxylation is 1. The summed E-state index contributed by atoms with van der Waals surface area (Å²) in [5, 5.41) is 0.618. The van der Waals surface area contributed by atoms with Crippen LogP contribution in [-0.2, 0) is 9.68 Å². The molecule has 0 spiro atoms. The smallest absolute Gasteiger partial charge is 0.287 e. The summed E-state index contributed by atoms with van der Waals surface area (Å²) in [7, 11) is 0. The van der Waals surface area contributed by atoms with Crippen LogP contribution in [0.1, 0.15) is 12.5 Å². The molecule has 1 aromatic carbocycles. The molecule has 1 radical (unpaired) electrons. The molecule has 0 bridgehead atoms.